The average molecular weight is 455 g/mol. The molecule has 1 saturated heterocycles. The fourth-order valence-electron chi connectivity index (χ4n) is 5.44. The number of aromatic nitrogens is 4. The van der Waals surface area contributed by atoms with Gasteiger partial charge in [0, 0.05) is 42.0 Å². The van der Waals surface area contributed by atoms with Crippen molar-refractivity contribution < 1.29 is 9.26 Å². The fraction of sp³-hybridized carbons (Fsp3) is 0.296. The Hall–Kier alpha value is -3.71. The van der Waals surface area contributed by atoms with Gasteiger partial charge in [-0.1, -0.05) is 35.5 Å². The maximum Gasteiger partial charge on any atom is 0.249 e. The summed E-state index contributed by atoms with van der Waals surface area (Å²) < 4.78 is 13.4. The van der Waals surface area contributed by atoms with Gasteiger partial charge in [-0.15, -0.1) is 0 Å². The monoisotopic (exact) mass is 454 g/mol. The van der Waals surface area contributed by atoms with Crippen LogP contribution in [-0.2, 0) is 4.74 Å². The van der Waals surface area contributed by atoms with E-state index in [4.69, 9.17) is 14.2 Å². The lowest BCUT2D eigenvalue weighted by atomic mass is 9.86. The summed E-state index contributed by atoms with van der Waals surface area (Å²) in [6.07, 6.45) is 3.78. The molecule has 1 N–H and O–H groups in total. The molecule has 6 rings (SSSR count). The van der Waals surface area contributed by atoms with Crippen LogP contribution in [0.4, 0.5) is 0 Å². The number of H-pyrrole nitrogens is 1. The van der Waals surface area contributed by atoms with Crippen molar-refractivity contribution in [3.8, 4) is 11.1 Å². The zero-order chi connectivity index (χ0) is 23.2. The molecule has 34 heavy (non-hydrogen) atoms. The number of ether oxygens (including phenoxy) is 1. The number of aryl methyl sites for hydroxylation is 2. The highest BCUT2D eigenvalue weighted by Gasteiger charge is 2.30. The molecule has 1 aromatic carbocycles. The molecule has 1 fully saturated rings. The minimum atomic E-state index is -0.124. The van der Waals surface area contributed by atoms with Crippen molar-refractivity contribution in [1.82, 2.24) is 19.7 Å². The number of fused-ring (bicyclic) bond motifs is 3. The lowest BCUT2D eigenvalue weighted by molar-refractivity contribution is 0.0552. The second kappa shape index (κ2) is 8.25. The van der Waals surface area contributed by atoms with E-state index < -0.39 is 0 Å². The average Bonchev–Trinajstić information content (AvgIpc) is 3.36. The zero-order valence-corrected chi connectivity index (χ0v) is 19.2. The van der Waals surface area contributed by atoms with Crippen molar-refractivity contribution in [3.05, 3.63) is 82.1 Å². The molecule has 4 aromatic heterocycles. The topological polar surface area (TPSA) is 85.9 Å². The van der Waals surface area contributed by atoms with Gasteiger partial charge in [0.2, 0.25) is 5.56 Å². The highest BCUT2D eigenvalue weighted by atomic mass is 16.5. The molecule has 0 bridgehead atoms. The Balaban J connectivity index is 1.68. The first-order chi connectivity index (χ1) is 16.6. The molecular formula is C27H26N4O3. The largest absolute Gasteiger partial charge is 0.381 e. The summed E-state index contributed by atoms with van der Waals surface area (Å²) in [4.78, 5) is 20.5. The van der Waals surface area contributed by atoms with Crippen molar-refractivity contribution in [2.24, 2.45) is 5.92 Å². The highest BCUT2D eigenvalue weighted by Crippen LogP contribution is 2.40. The van der Waals surface area contributed by atoms with Gasteiger partial charge in [-0.3, -0.25) is 9.78 Å². The molecule has 1 atom stereocenters. The van der Waals surface area contributed by atoms with Crippen molar-refractivity contribution in [2.75, 3.05) is 13.2 Å². The Morgan fingerprint density at radius 3 is 2.62 bits per heavy atom. The zero-order valence-electron chi connectivity index (χ0n) is 19.2. The number of benzene rings is 1. The van der Waals surface area contributed by atoms with Gasteiger partial charge >= 0.3 is 0 Å². The van der Waals surface area contributed by atoms with Gasteiger partial charge < -0.3 is 18.8 Å². The first kappa shape index (κ1) is 20.9. The van der Waals surface area contributed by atoms with E-state index in [1.165, 1.54) is 5.56 Å². The van der Waals surface area contributed by atoms with Crippen LogP contribution >= 0.6 is 0 Å². The molecular weight excluding hydrogens is 428 g/mol. The Bertz CT molecular complexity index is 1520. The molecule has 172 valence electrons. The summed E-state index contributed by atoms with van der Waals surface area (Å²) in [6.45, 7) is 5.34. The molecule has 0 amide bonds. The second-order valence-electron chi connectivity index (χ2n) is 9.05. The van der Waals surface area contributed by atoms with E-state index >= 15 is 0 Å². The van der Waals surface area contributed by atoms with E-state index in [2.05, 4.69) is 45.0 Å². The lowest BCUT2D eigenvalue weighted by Crippen LogP contribution is -2.27. The van der Waals surface area contributed by atoms with Crippen LogP contribution in [0.2, 0.25) is 0 Å². The number of pyridine rings is 2. The molecule has 1 aliphatic rings. The number of nitrogens with one attached hydrogen (secondary N) is 1. The van der Waals surface area contributed by atoms with Gasteiger partial charge in [-0.25, -0.2) is 0 Å². The minimum absolute atomic E-state index is 0.0323. The normalized spacial score (nSPS) is 15.8. The first-order valence-electron chi connectivity index (χ1n) is 11.7. The van der Waals surface area contributed by atoms with Crippen LogP contribution in [0.1, 0.15) is 35.9 Å². The van der Waals surface area contributed by atoms with Crippen LogP contribution in [-0.4, -0.2) is 32.9 Å². The van der Waals surface area contributed by atoms with Crippen LogP contribution in [0.25, 0.3) is 33.2 Å². The number of hydrogen-bond donors (Lipinski definition) is 1. The Morgan fingerprint density at radius 1 is 1.09 bits per heavy atom. The van der Waals surface area contributed by atoms with Crippen molar-refractivity contribution in [1.29, 1.82) is 0 Å². The van der Waals surface area contributed by atoms with Gasteiger partial charge in [0.1, 0.15) is 11.4 Å². The van der Waals surface area contributed by atoms with Crippen LogP contribution in [0.15, 0.2) is 64.0 Å². The van der Waals surface area contributed by atoms with Crippen LogP contribution in [0.5, 0.6) is 0 Å². The first-order valence-corrected chi connectivity index (χ1v) is 11.7. The molecule has 7 nitrogen and oxygen atoms in total. The predicted octanol–water partition coefficient (Wildman–Crippen LogP) is 5.17. The van der Waals surface area contributed by atoms with E-state index in [-0.39, 0.29) is 11.6 Å². The summed E-state index contributed by atoms with van der Waals surface area (Å²) >= 11 is 0. The van der Waals surface area contributed by atoms with Crippen molar-refractivity contribution in [3.63, 3.8) is 0 Å². The summed E-state index contributed by atoms with van der Waals surface area (Å²) in [5.74, 6) is 1.13. The van der Waals surface area contributed by atoms with Gasteiger partial charge in [-0.05, 0) is 50.3 Å². The molecule has 7 heteroatoms. The number of nitrogens with zero attached hydrogens (tertiary/aromatic N) is 3. The van der Waals surface area contributed by atoms with E-state index in [1.807, 2.05) is 32.2 Å². The quantitative estimate of drug-likeness (QED) is 0.405. The van der Waals surface area contributed by atoms with Crippen LogP contribution in [0.3, 0.4) is 0 Å². The molecule has 0 aliphatic carbocycles. The lowest BCUT2D eigenvalue weighted by Gasteiger charge is -2.32. The summed E-state index contributed by atoms with van der Waals surface area (Å²) in [6, 6.07) is 16.2. The van der Waals surface area contributed by atoms with E-state index in [0.29, 0.717) is 5.92 Å². The molecule has 5 heterocycles. The fourth-order valence-corrected chi connectivity index (χ4v) is 5.44. The summed E-state index contributed by atoms with van der Waals surface area (Å²) in [5.41, 5.74) is 6.48. The SMILES string of the molecule is Cc1noc(C)c1-c1cnc2c3ccc(=O)[nH]c3n(C(c3ccccc3)C3CCOCC3)c2c1. The number of rotatable bonds is 4. The molecule has 1 unspecified atom stereocenters. The standard InChI is InChI=1S/C27H26N4O3/c1-16-24(17(2)34-30-16)20-14-22-25(28-15-20)21-8-9-23(32)29-27(21)31(22)26(18-6-4-3-5-7-18)19-10-12-33-13-11-19/h3-9,14-15,19,26H,10-13H2,1-2H3,(H,29,32). The molecule has 0 spiro atoms. The third-order valence-electron chi connectivity index (χ3n) is 6.98. The number of hydrogen-bond acceptors (Lipinski definition) is 5. The van der Waals surface area contributed by atoms with Gasteiger partial charge in [-0.2, -0.15) is 0 Å². The van der Waals surface area contributed by atoms with E-state index in [0.717, 1.165) is 70.7 Å². The molecule has 0 saturated carbocycles. The highest BCUT2D eigenvalue weighted by molar-refractivity contribution is 6.05. The van der Waals surface area contributed by atoms with E-state index in [1.54, 1.807) is 6.07 Å². The molecule has 0 radical (unpaired) electrons. The Kier molecular flexibility index (Phi) is 5.07. The number of aromatic amines is 1. The van der Waals surface area contributed by atoms with Crippen LogP contribution in [0, 0.1) is 19.8 Å². The molecule has 5 aromatic rings. The van der Waals surface area contributed by atoms with Crippen LogP contribution < -0.4 is 5.56 Å². The van der Waals surface area contributed by atoms with Gasteiger partial charge in [0.05, 0.1) is 22.8 Å². The summed E-state index contributed by atoms with van der Waals surface area (Å²) in [5, 5.41) is 5.07. The molecule has 1 aliphatic heterocycles. The second-order valence-corrected chi connectivity index (χ2v) is 9.05. The summed E-state index contributed by atoms with van der Waals surface area (Å²) in [7, 11) is 0. The third kappa shape index (κ3) is 3.35. The maximum absolute atomic E-state index is 12.5. The minimum Gasteiger partial charge on any atom is -0.381 e. The smallest absolute Gasteiger partial charge is 0.249 e. The third-order valence-corrected chi connectivity index (χ3v) is 6.98. The van der Waals surface area contributed by atoms with Gasteiger partial charge in [0.25, 0.3) is 0 Å². The van der Waals surface area contributed by atoms with E-state index in [9.17, 15) is 4.79 Å². The Morgan fingerprint density at radius 2 is 1.88 bits per heavy atom. The van der Waals surface area contributed by atoms with Crippen molar-refractivity contribution >= 4 is 22.1 Å². The van der Waals surface area contributed by atoms with Gasteiger partial charge in [0.15, 0.2) is 0 Å². The van der Waals surface area contributed by atoms with Crippen molar-refractivity contribution in [2.45, 2.75) is 32.7 Å². The predicted molar refractivity (Wildman–Crippen MR) is 131 cm³/mol. The maximum atomic E-state index is 12.5. The Labute approximate surface area is 196 Å².